The van der Waals surface area contributed by atoms with Crippen molar-refractivity contribution >= 4 is 5.69 Å². The number of hydrogen-bond donors (Lipinski definition) is 0. The van der Waals surface area contributed by atoms with Gasteiger partial charge in [0, 0.05) is 12.7 Å². The second-order valence-corrected chi connectivity index (χ2v) is 3.96. The van der Waals surface area contributed by atoms with E-state index in [1.807, 2.05) is 42.5 Å². The summed E-state index contributed by atoms with van der Waals surface area (Å²) in [4.78, 5) is 6.48. The van der Waals surface area contributed by atoms with Crippen molar-refractivity contribution in [3.05, 3.63) is 59.9 Å². The summed E-state index contributed by atoms with van der Waals surface area (Å²) in [7, 11) is 0. The molecule has 0 spiro atoms. The Hall–Kier alpha value is -2.34. The van der Waals surface area contributed by atoms with E-state index < -0.39 is 0 Å². The predicted octanol–water partition coefficient (Wildman–Crippen LogP) is 2.98. The maximum absolute atomic E-state index is 9.14. The monoisotopic (exact) mass is 237 g/mol. The van der Waals surface area contributed by atoms with Gasteiger partial charge in [0.25, 0.3) is 0 Å². The molecule has 3 nitrogen and oxygen atoms in total. The van der Waals surface area contributed by atoms with Crippen molar-refractivity contribution in [1.29, 1.82) is 5.26 Å². The van der Waals surface area contributed by atoms with E-state index in [2.05, 4.69) is 22.9 Å². The molecule has 90 valence electrons. The number of nitriles is 1. The van der Waals surface area contributed by atoms with Crippen molar-refractivity contribution in [3.8, 4) is 6.07 Å². The fourth-order valence-corrected chi connectivity index (χ4v) is 1.90. The Labute approximate surface area is 107 Å². The van der Waals surface area contributed by atoms with E-state index in [0.717, 1.165) is 24.5 Å². The van der Waals surface area contributed by atoms with Crippen LogP contribution in [0.5, 0.6) is 0 Å². The van der Waals surface area contributed by atoms with Gasteiger partial charge in [-0.1, -0.05) is 18.2 Å². The van der Waals surface area contributed by atoms with Gasteiger partial charge < -0.3 is 4.90 Å². The second-order valence-electron chi connectivity index (χ2n) is 3.96. The number of pyridine rings is 1. The van der Waals surface area contributed by atoms with Gasteiger partial charge in [0.15, 0.2) is 0 Å². The Kier molecular flexibility index (Phi) is 3.93. The first-order valence-electron chi connectivity index (χ1n) is 5.99. The molecule has 0 bridgehead atoms. The summed E-state index contributed by atoms with van der Waals surface area (Å²) in [5, 5.41) is 9.14. The molecule has 0 saturated heterocycles. The molecule has 1 aromatic carbocycles. The average molecular weight is 237 g/mol. The van der Waals surface area contributed by atoms with Crippen LogP contribution < -0.4 is 4.90 Å². The van der Waals surface area contributed by atoms with Gasteiger partial charge in [0.05, 0.1) is 23.5 Å². The summed E-state index contributed by atoms with van der Waals surface area (Å²) >= 11 is 0. The molecule has 1 aromatic heterocycles. The molecular weight excluding hydrogens is 222 g/mol. The van der Waals surface area contributed by atoms with Crippen molar-refractivity contribution in [3.63, 3.8) is 0 Å². The highest BCUT2D eigenvalue weighted by Gasteiger charge is 2.09. The van der Waals surface area contributed by atoms with Crippen molar-refractivity contribution in [1.82, 2.24) is 4.98 Å². The molecule has 3 heteroatoms. The summed E-state index contributed by atoms with van der Waals surface area (Å²) in [6.07, 6.45) is 1.79. The van der Waals surface area contributed by atoms with Crippen LogP contribution in [0.4, 0.5) is 5.69 Å². The molecule has 2 rings (SSSR count). The van der Waals surface area contributed by atoms with E-state index in [0.29, 0.717) is 5.56 Å². The lowest BCUT2D eigenvalue weighted by atomic mass is 10.1. The molecule has 1 heterocycles. The standard InChI is InChI=1S/C15H15N3/c1-2-18(12-14-8-5-6-10-17-14)15-9-4-3-7-13(15)11-16/h3-10H,2,12H2,1H3. The number of rotatable bonds is 4. The first kappa shape index (κ1) is 12.1. The number of anilines is 1. The fraction of sp³-hybridized carbons (Fsp3) is 0.200. The summed E-state index contributed by atoms with van der Waals surface area (Å²) in [5.41, 5.74) is 2.68. The summed E-state index contributed by atoms with van der Waals surface area (Å²) in [6, 6.07) is 15.8. The third-order valence-corrected chi connectivity index (χ3v) is 2.83. The van der Waals surface area contributed by atoms with Gasteiger partial charge in [-0.15, -0.1) is 0 Å². The molecule has 0 amide bonds. The summed E-state index contributed by atoms with van der Waals surface area (Å²) < 4.78 is 0. The van der Waals surface area contributed by atoms with Crippen molar-refractivity contribution < 1.29 is 0 Å². The van der Waals surface area contributed by atoms with Crippen LogP contribution in [0.25, 0.3) is 0 Å². The van der Waals surface area contributed by atoms with E-state index in [9.17, 15) is 0 Å². The van der Waals surface area contributed by atoms with Gasteiger partial charge >= 0.3 is 0 Å². The third kappa shape index (κ3) is 2.67. The van der Waals surface area contributed by atoms with Crippen LogP contribution >= 0.6 is 0 Å². The molecule has 0 saturated carbocycles. The van der Waals surface area contributed by atoms with Crippen LogP contribution in [0.2, 0.25) is 0 Å². The Morgan fingerprint density at radius 1 is 1.17 bits per heavy atom. The molecule has 0 atom stereocenters. The molecule has 0 unspecified atom stereocenters. The SMILES string of the molecule is CCN(Cc1ccccn1)c1ccccc1C#N. The molecule has 0 aliphatic rings. The van der Waals surface area contributed by atoms with Crippen molar-refractivity contribution in [2.75, 3.05) is 11.4 Å². The van der Waals surface area contributed by atoms with E-state index in [4.69, 9.17) is 5.26 Å². The van der Waals surface area contributed by atoms with Crippen molar-refractivity contribution in [2.24, 2.45) is 0 Å². The predicted molar refractivity (Wildman–Crippen MR) is 72.1 cm³/mol. The smallest absolute Gasteiger partial charge is 0.101 e. The minimum absolute atomic E-state index is 0.704. The second kappa shape index (κ2) is 5.83. The van der Waals surface area contributed by atoms with Crippen LogP contribution in [-0.2, 0) is 6.54 Å². The van der Waals surface area contributed by atoms with E-state index >= 15 is 0 Å². The van der Waals surface area contributed by atoms with Crippen molar-refractivity contribution in [2.45, 2.75) is 13.5 Å². The molecule has 0 aliphatic heterocycles. The van der Waals surface area contributed by atoms with Gasteiger partial charge in [-0.2, -0.15) is 5.26 Å². The van der Waals surface area contributed by atoms with Crippen LogP contribution in [0.15, 0.2) is 48.7 Å². The molecular formula is C15H15N3. The number of benzene rings is 1. The zero-order chi connectivity index (χ0) is 12.8. The minimum Gasteiger partial charge on any atom is -0.365 e. The topological polar surface area (TPSA) is 39.9 Å². The van der Waals surface area contributed by atoms with Crippen LogP contribution in [-0.4, -0.2) is 11.5 Å². The lowest BCUT2D eigenvalue weighted by Crippen LogP contribution is -2.23. The molecule has 0 aliphatic carbocycles. The quantitative estimate of drug-likeness (QED) is 0.820. The first-order chi connectivity index (χ1) is 8.85. The Morgan fingerprint density at radius 2 is 1.94 bits per heavy atom. The summed E-state index contributed by atoms with van der Waals surface area (Å²) in [5.74, 6) is 0. The highest BCUT2D eigenvalue weighted by atomic mass is 15.1. The fourth-order valence-electron chi connectivity index (χ4n) is 1.90. The normalized spacial score (nSPS) is 9.78. The van der Waals surface area contributed by atoms with E-state index in [1.54, 1.807) is 6.20 Å². The highest BCUT2D eigenvalue weighted by molar-refractivity contribution is 5.59. The Morgan fingerprint density at radius 3 is 2.61 bits per heavy atom. The highest BCUT2D eigenvalue weighted by Crippen LogP contribution is 2.20. The average Bonchev–Trinajstić information content (AvgIpc) is 2.46. The van der Waals surface area contributed by atoms with Crippen LogP contribution in [0.1, 0.15) is 18.2 Å². The number of hydrogen-bond acceptors (Lipinski definition) is 3. The number of para-hydroxylation sites is 1. The molecule has 0 fully saturated rings. The third-order valence-electron chi connectivity index (χ3n) is 2.83. The van der Waals surface area contributed by atoms with Gasteiger partial charge in [-0.3, -0.25) is 4.98 Å². The van der Waals surface area contributed by atoms with Gasteiger partial charge in [-0.25, -0.2) is 0 Å². The van der Waals surface area contributed by atoms with Gasteiger partial charge in [0.2, 0.25) is 0 Å². The maximum atomic E-state index is 9.14. The maximum Gasteiger partial charge on any atom is 0.101 e. The van der Waals surface area contributed by atoms with E-state index in [-0.39, 0.29) is 0 Å². The largest absolute Gasteiger partial charge is 0.365 e. The molecule has 18 heavy (non-hydrogen) atoms. The lowest BCUT2D eigenvalue weighted by molar-refractivity contribution is 0.808. The number of aromatic nitrogens is 1. The number of nitrogens with zero attached hydrogens (tertiary/aromatic N) is 3. The molecule has 0 radical (unpaired) electrons. The van der Waals surface area contributed by atoms with Crippen LogP contribution in [0, 0.1) is 11.3 Å². The molecule has 0 N–H and O–H groups in total. The minimum atomic E-state index is 0.704. The van der Waals surface area contributed by atoms with Gasteiger partial charge in [-0.05, 0) is 31.2 Å². The lowest BCUT2D eigenvalue weighted by Gasteiger charge is -2.23. The van der Waals surface area contributed by atoms with E-state index in [1.165, 1.54) is 0 Å². The molecule has 2 aromatic rings. The van der Waals surface area contributed by atoms with Crippen LogP contribution in [0.3, 0.4) is 0 Å². The Balaban J connectivity index is 2.27. The zero-order valence-corrected chi connectivity index (χ0v) is 10.4. The zero-order valence-electron chi connectivity index (χ0n) is 10.4. The van der Waals surface area contributed by atoms with Gasteiger partial charge in [0.1, 0.15) is 6.07 Å². The summed E-state index contributed by atoms with van der Waals surface area (Å²) in [6.45, 7) is 3.64. The first-order valence-corrected chi connectivity index (χ1v) is 5.99. The Bertz CT molecular complexity index is 543.